The van der Waals surface area contributed by atoms with E-state index < -0.39 is 12.5 Å². The molecule has 1 heterocycles. The molecule has 0 aliphatic carbocycles. The first-order chi connectivity index (χ1) is 10.9. The van der Waals surface area contributed by atoms with Crippen LogP contribution in [0.1, 0.15) is 22.6 Å². The number of rotatable bonds is 6. The molecule has 1 aromatic heterocycles. The van der Waals surface area contributed by atoms with Crippen molar-refractivity contribution in [3.8, 4) is 0 Å². The molecule has 1 N–H and O–H groups in total. The first-order valence-corrected chi connectivity index (χ1v) is 7.02. The number of carbonyl (C=O) groups excluding carboxylic acids is 1. The molecule has 23 heavy (non-hydrogen) atoms. The number of benzene rings is 1. The number of aryl methyl sites for hydroxylation is 2. The van der Waals surface area contributed by atoms with Crippen LogP contribution in [0.2, 0.25) is 0 Å². The molecule has 0 aliphatic rings. The van der Waals surface area contributed by atoms with Crippen molar-refractivity contribution in [3.05, 3.63) is 52.7 Å². The number of carboxylic acid groups (broad SMARTS) is 1. The SMILES string of the molecule is Cc1noc(C)c1CC(=O)N(CC(=O)O)Cc1ccc(F)cc1. The number of amides is 1. The fourth-order valence-electron chi connectivity index (χ4n) is 2.22. The summed E-state index contributed by atoms with van der Waals surface area (Å²) in [4.78, 5) is 24.7. The second-order valence-corrected chi connectivity index (χ2v) is 5.25. The summed E-state index contributed by atoms with van der Waals surface area (Å²) < 4.78 is 18.0. The fraction of sp³-hybridized carbons (Fsp3) is 0.312. The van der Waals surface area contributed by atoms with Crippen molar-refractivity contribution in [1.29, 1.82) is 0 Å². The quantitative estimate of drug-likeness (QED) is 0.881. The molecule has 0 saturated carbocycles. The molecule has 0 radical (unpaired) electrons. The van der Waals surface area contributed by atoms with E-state index in [1.807, 2.05) is 0 Å². The van der Waals surface area contributed by atoms with E-state index in [1.54, 1.807) is 13.8 Å². The lowest BCUT2D eigenvalue weighted by atomic mass is 10.1. The Bertz CT molecular complexity index is 690. The number of carboxylic acids is 1. The highest BCUT2D eigenvalue weighted by Crippen LogP contribution is 2.15. The van der Waals surface area contributed by atoms with Gasteiger partial charge in [-0.05, 0) is 31.5 Å². The van der Waals surface area contributed by atoms with Gasteiger partial charge in [-0.3, -0.25) is 9.59 Å². The van der Waals surface area contributed by atoms with Gasteiger partial charge in [0.2, 0.25) is 5.91 Å². The second-order valence-electron chi connectivity index (χ2n) is 5.25. The maximum absolute atomic E-state index is 12.9. The van der Waals surface area contributed by atoms with Gasteiger partial charge >= 0.3 is 5.97 Å². The summed E-state index contributed by atoms with van der Waals surface area (Å²) in [5, 5.41) is 12.8. The topological polar surface area (TPSA) is 83.6 Å². The average Bonchev–Trinajstić information content (AvgIpc) is 2.80. The summed E-state index contributed by atoms with van der Waals surface area (Å²) >= 11 is 0. The van der Waals surface area contributed by atoms with Gasteiger partial charge in [-0.2, -0.15) is 0 Å². The number of halogens is 1. The number of aliphatic carboxylic acids is 1. The molecule has 2 rings (SSSR count). The van der Waals surface area contributed by atoms with E-state index in [1.165, 1.54) is 29.2 Å². The average molecular weight is 320 g/mol. The Hall–Kier alpha value is -2.70. The van der Waals surface area contributed by atoms with Crippen LogP contribution in [0.5, 0.6) is 0 Å². The molecule has 0 bridgehead atoms. The van der Waals surface area contributed by atoms with Gasteiger partial charge in [0.25, 0.3) is 0 Å². The molecule has 0 atom stereocenters. The minimum Gasteiger partial charge on any atom is -0.480 e. The van der Waals surface area contributed by atoms with Gasteiger partial charge in [0.05, 0.1) is 12.1 Å². The van der Waals surface area contributed by atoms with Crippen LogP contribution in [0.25, 0.3) is 0 Å². The van der Waals surface area contributed by atoms with Gasteiger partial charge < -0.3 is 14.5 Å². The Morgan fingerprint density at radius 2 is 1.91 bits per heavy atom. The van der Waals surface area contributed by atoms with Gasteiger partial charge in [0.15, 0.2) is 0 Å². The minimum atomic E-state index is -1.11. The molecule has 0 saturated heterocycles. The molecule has 0 aliphatic heterocycles. The maximum Gasteiger partial charge on any atom is 0.323 e. The lowest BCUT2D eigenvalue weighted by Gasteiger charge is -2.21. The van der Waals surface area contributed by atoms with Crippen molar-refractivity contribution in [2.75, 3.05) is 6.54 Å². The molecule has 6 nitrogen and oxygen atoms in total. The van der Waals surface area contributed by atoms with Crippen LogP contribution in [-0.4, -0.2) is 33.6 Å². The number of hydrogen-bond acceptors (Lipinski definition) is 4. The third-order valence-electron chi connectivity index (χ3n) is 3.47. The fourth-order valence-corrected chi connectivity index (χ4v) is 2.22. The molecular weight excluding hydrogens is 303 g/mol. The Balaban J connectivity index is 2.15. The highest BCUT2D eigenvalue weighted by Gasteiger charge is 2.21. The van der Waals surface area contributed by atoms with E-state index in [2.05, 4.69) is 5.16 Å². The third-order valence-corrected chi connectivity index (χ3v) is 3.47. The normalized spacial score (nSPS) is 10.6. The zero-order valence-electron chi connectivity index (χ0n) is 12.9. The van der Waals surface area contributed by atoms with Crippen molar-refractivity contribution in [2.45, 2.75) is 26.8 Å². The van der Waals surface area contributed by atoms with Gasteiger partial charge in [0.1, 0.15) is 18.1 Å². The molecule has 2 aromatic rings. The van der Waals surface area contributed by atoms with E-state index in [0.717, 1.165) is 0 Å². The van der Waals surface area contributed by atoms with Crippen LogP contribution in [0.15, 0.2) is 28.8 Å². The predicted octanol–water partition coefficient (Wildman–Crippen LogP) is 2.09. The smallest absolute Gasteiger partial charge is 0.323 e. The van der Waals surface area contributed by atoms with E-state index in [9.17, 15) is 14.0 Å². The first kappa shape index (κ1) is 16.7. The molecular formula is C16H17FN2O4. The Kier molecular flexibility index (Phi) is 5.10. The van der Waals surface area contributed by atoms with Crippen LogP contribution in [0.3, 0.4) is 0 Å². The predicted molar refractivity (Wildman–Crippen MR) is 79.1 cm³/mol. The lowest BCUT2D eigenvalue weighted by Crippen LogP contribution is -2.36. The summed E-state index contributed by atoms with van der Waals surface area (Å²) in [5.74, 6) is -1.32. The monoisotopic (exact) mass is 320 g/mol. The molecule has 122 valence electrons. The van der Waals surface area contributed by atoms with Crippen molar-refractivity contribution < 1.29 is 23.6 Å². The molecule has 0 spiro atoms. The summed E-state index contributed by atoms with van der Waals surface area (Å²) in [7, 11) is 0. The van der Waals surface area contributed by atoms with Gasteiger partial charge in [-0.1, -0.05) is 17.3 Å². The van der Waals surface area contributed by atoms with Crippen molar-refractivity contribution >= 4 is 11.9 Å². The van der Waals surface area contributed by atoms with Gasteiger partial charge in [-0.15, -0.1) is 0 Å². The molecule has 0 fully saturated rings. The van der Waals surface area contributed by atoms with Crippen LogP contribution < -0.4 is 0 Å². The zero-order valence-corrected chi connectivity index (χ0v) is 12.9. The van der Waals surface area contributed by atoms with Crippen molar-refractivity contribution in [2.24, 2.45) is 0 Å². The molecule has 1 aromatic carbocycles. The van der Waals surface area contributed by atoms with Gasteiger partial charge in [0, 0.05) is 12.1 Å². The molecule has 1 amide bonds. The van der Waals surface area contributed by atoms with Gasteiger partial charge in [-0.25, -0.2) is 4.39 Å². The minimum absolute atomic E-state index is 0.00956. The highest BCUT2D eigenvalue weighted by atomic mass is 19.1. The summed E-state index contributed by atoms with van der Waals surface area (Å²) in [6, 6.07) is 5.58. The van der Waals surface area contributed by atoms with Crippen LogP contribution in [-0.2, 0) is 22.6 Å². The highest BCUT2D eigenvalue weighted by molar-refractivity contribution is 5.83. The van der Waals surface area contributed by atoms with E-state index in [4.69, 9.17) is 9.63 Å². The standard InChI is InChI=1S/C16H17FN2O4/c1-10-14(11(2)23-18-10)7-15(20)19(9-16(21)22)8-12-3-5-13(17)6-4-12/h3-6H,7-9H2,1-2H3,(H,21,22). The van der Waals surface area contributed by atoms with Crippen molar-refractivity contribution in [3.63, 3.8) is 0 Å². The Labute approximate surface area is 132 Å². The Morgan fingerprint density at radius 3 is 2.43 bits per heavy atom. The molecule has 0 unspecified atom stereocenters. The van der Waals surface area contributed by atoms with E-state index in [-0.39, 0.29) is 24.7 Å². The maximum atomic E-state index is 12.9. The van der Waals surface area contributed by atoms with Crippen molar-refractivity contribution in [1.82, 2.24) is 10.1 Å². The summed E-state index contributed by atoms with van der Waals surface area (Å²) in [6.07, 6.45) is 0.00956. The van der Waals surface area contributed by atoms with Crippen LogP contribution >= 0.6 is 0 Å². The lowest BCUT2D eigenvalue weighted by molar-refractivity contribution is -0.144. The summed E-state index contributed by atoms with van der Waals surface area (Å²) in [5.41, 5.74) is 1.91. The second kappa shape index (κ2) is 7.04. The van der Waals surface area contributed by atoms with Crippen LogP contribution in [0, 0.1) is 19.7 Å². The number of aromatic nitrogens is 1. The van der Waals surface area contributed by atoms with E-state index >= 15 is 0 Å². The molecule has 7 heteroatoms. The van der Waals surface area contributed by atoms with E-state index in [0.29, 0.717) is 22.6 Å². The zero-order chi connectivity index (χ0) is 17.0. The largest absolute Gasteiger partial charge is 0.480 e. The Morgan fingerprint density at radius 1 is 1.26 bits per heavy atom. The summed E-state index contributed by atoms with van der Waals surface area (Å²) in [6.45, 7) is 3.08. The number of hydrogen-bond donors (Lipinski definition) is 1. The number of nitrogens with zero attached hydrogens (tertiary/aromatic N) is 2. The first-order valence-electron chi connectivity index (χ1n) is 7.02. The third kappa shape index (κ3) is 4.38. The number of carbonyl (C=O) groups is 2. The van der Waals surface area contributed by atoms with Crippen LogP contribution in [0.4, 0.5) is 4.39 Å².